The lowest BCUT2D eigenvalue weighted by molar-refractivity contribution is 0.0995. The minimum absolute atomic E-state index is 0.0754. The Morgan fingerprint density at radius 2 is 1.73 bits per heavy atom. The van der Waals surface area contributed by atoms with Crippen LogP contribution in [-0.2, 0) is 0 Å². The van der Waals surface area contributed by atoms with Crippen LogP contribution in [0.2, 0.25) is 0 Å². The van der Waals surface area contributed by atoms with Gasteiger partial charge in [0.15, 0.2) is 0 Å². The van der Waals surface area contributed by atoms with E-state index in [1.54, 1.807) is 6.07 Å². The largest absolute Gasteiger partial charge is 0.489 e. The van der Waals surface area contributed by atoms with E-state index in [0.717, 1.165) is 11.1 Å². The quantitative estimate of drug-likeness (QED) is 0.904. The number of hydrogen-bond acceptors (Lipinski definition) is 3. The molecule has 22 heavy (non-hydrogen) atoms. The first-order valence-electron chi connectivity index (χ1n) is 6.98. The number of fused-ring (bicyclic) bond motifs is 1. The van der Waals surface area contributed by atoms with Crippen LogP contribution in [0.5, 0.6) is 5.75 Å². The molecule has 0 saturated carbocycles. The van der Waals surface area contributed by atoms with E-state index in [0.29, 0.717) is 5.75 Å². The zero-order chi connectivity index (χ0) is 15.9. The Hall–Kier alpha value is -2.82. The number of benzene rings is 2. The van der Waals surface area contributed by atoms with Crippen LogP contribution in [-0.4, -0.2) is 17.9 Å². The first kappa shape index (κ1) is 14.1. The highest BCUT2D eigenvalue weighted by molar-refractivity contribution is 6.01. The minimum Gasteiger partial charge on any atom is -0.489 e. The second-order valence-electron chi connectivity index (χ2n) is 5.38. The van der Waals surface area contributed by atoms with E-state index in [4.69, 9.17) is 16.2 Å². The van der Waals surface area contributed by atoms with Crippen LogP contribution in [0.15, 0.2) is 42.5 Å². The summed E-state index contributed by atoms with van der Waals surface area (Å²) in [5.41, 5.74) is 13.0. The van der Waals surface area contributed by atoms with Crippen molar-refractivity contribution >= 4 is 11.8 Å². The second kappa shape index (κ2) is 5.18. The van der Waals surface area contributed by atoms with E-state index in [1.165, 1.54) is 6.07 Å². The molecule has 2 aromatic carbocycles. The van der Waals surface area contributed by atoms with Gasteiger partial charge in [-0.15, -0.1) is 0 Å². The maximum atomic E-state index is 11.7. The van der Waals surface area contributed by atoms with Gasteiger partial charge in [-0.2, -0.15) is 0 Å². The maximum absolute atomic E-state index is 11.7. The monoisotopic (exact) mass is 296 g/mol. The molecule has 0 aliphatic carbocycles. The molecular formula is C17H16N2O3. The lowest BCUT2D eigenvalue weighted by Gasteiger charge is -2.15. The van der Waals surface area contributed by atoms with Gasteiger partial charge in [0.2, 0.25) is 5.91 Å². The number of carbonyl (C=O) groups excluding carboxylic acids is 2. The lowest BCUT2D eigenvalue weighted by atomic mass is 9.87. The average molecular weight is 296 g/mol. The van der Waals surface area contributed by atoms with Gasteiger partial charge in [-0.3, -0.25) is 9.59 Å². The van der Waals surface area contributed by atoms with Crippen LogP contribution in [0.1, 0.15) is 44.7 Å². The molecule has 5 heteroatoms. The number of hydrogen-bond donors (Lipinski definition) is 2. The van der Waals surface area contributed by atoms with Gasteiger partial charge in [0, 0.05) is 17.0 Å². The highest BCUT2D eigenvalue weighted by atomic mass is 16.5. The van der Waals surface area contributed by atoms with E-state index >= 15 is 0 Å². The Kier molecular flexibility index (Phi) is 3.33. The predicted octanol–water partition coefficient (Wildman–Crippen LogP) is 1.80. The molecule has 0 aromatic heterocycles. The molecule has 1 heterocycles. The third-order valence-corrected chi connectivity index (χ3v) is 3.93. The summed E-state index contributed by atoms with van der Waals surface area (Å²) in [6.45, 7) is 1.92. The third-order valence-electron chi connectivity index (χ3n) is 3.93. The summed E-state index contributed by atoms with van der Waals surface area (Å²) in [4.78, 5) is 23.2. The molecule has 0 saturated heterocycles. The molecule has 4 N–H and O–H groups in total. The van der Waals surface area contributed by atoms with Crippen LogP contribution in [0.25, 0.3) is 0 Å². The molecular weight excluding hydrogens is 280 g/mol. The molecule has 2 aromatic rings. The van der Waals surface area contributed by atoms with Gasteiger partial charge in [0.1, 0.15) is 11.9 Å². The van der Waals surface area contributed by atoms with E-state index in [-0.39, 0.29) is 23.1 Å². The topological polar surface area (TPSA) is 95.4 Å². The normalized spacial score (nSPS) is 19.3. The SMILES string of the molecule is CC1Oc2c(C(N)=O)cc(C(N)=O)cc2C1c1ccccc1. The van der Waals surface area contributed by atoms with Crippen LogP contribution in [0, 0.1) is 0 Å². The van der Waals surface area contributed by atoms with Crippen molar-refractivity contribution in [3.05, 3.63) is 64.7 Å². The van der Waals surface area contributed by atoms with Gasteiger partial charge >= 0.3 is 0 Å². The Labute approximate surface area is 127 Å². The van der Waals surface area contributed by atoms with Crippen molar-refractivity contribution in [2.45, 2.75) is 18.9 Å². The van der Waals surface area contributed by atoms with Gasteiger partial charge in [-0.05, 0) is 24.6 Å². The molecule has 2 unspecified atom stereocenters. The number of primary amides is 2. The van der Waals surface area contributed by atoms with Gasteiger partial charge in [-0.25, -0.2) is 0 Å². The predicted molar refractivity (Wildman–Crippen MR) is 81.9 cm³/mol. The van der Waals surface area contributed by atoms with Gasteiger partial charge < -0.3 is 16.2 Å². The summed E-state index contributed by atoms with van der Waals surface area (Å²) in [5.74, 6) is -0.871. The number of carbonyl (C=O) groups is 2. The molecule has 2 atom stereocenters. The van der Waals surface area contributed by atoms with Crippen LogP contribution >= 0.6 is 0 Å². The molecule has 3 rings (SSSR count). The first-order chi connectivity index (χ1) is 10.5. The van der Waals surface area contributed by atoms with Crippen molar-refractivity contribution in [3.63, 3.8) is 0 Å². The zero-order valence-corrected chi connectivity index (χ0v) is 12.1. The summed E-state index contributed by atoms with van der Waals surface area (Å²) < 4.78 is 5.85. The Morgan fingerprint density at radius 3 is 2.32 bits per heavy atom. The molecule has 0 spiro atoms. The minimum atomic E-state index is -0.639. The van der Waals surface area contributed by atoms with Crippen molar-refractivity contribution in [1.29, 1.82) is 0 Å². The van der Waals surface area contributed by atoms with Crippen LogP contribution in [0.4, 0.5) is 0 Å². The van der Waals surface area contributed by atoms with E-state index < -0.39 is 11.8 Å². The molecule has 1 aliphatic rings. The fourth-order valence-corrected chi connectivity index (χ4v) is 2.96. The summed E-state index contributed by atoms with van der Waals surface area (Å²) >= 11 is 0. The van der Waals surface area contributed by atoms with E-state index in [1.807, 2.05) is 37.3 Å². The van der Waals surface area contributed by atoms with Crippen LogP contribution < -0.4 is 16.2 Å². The smallest absolute Gasteiger partial charge is 0.252 e. The fourth-order valence-electron chi connectivity index (χ4n) is 2.96. The summed E-state index contributed by atoms with van der Waals surface area (Å²) in [5, 5.41) is 0. The van der Waals surface area contributed by atoms with Crippen molar-refractivity contribution < 1.29 is 14.3 Å². The first-order valence-corrected chi connectivity index (χ1v) is 6.98. The third kappa shape index (κ3) is 2.20. The van der Waals surface area contributed by atoms with Crippen molar-refractivity contribution in [3.8, 4) is 5.75 Å². The summed E-state index contributed by atoms with van der Waals surface area (Å²) in [6, 6.07) is 12.9. The molecule has 2 amide bonds. The molecule has 0 bridgehead atoms. The fraction of sp³-hybridized carbons (Fsp3) is 0.176. The highest BCUT2D eigenvalue weighted by Gasteiger charge is 2.36. The van der Waals surface area contributed by atoms with Crippen molar-refractivity contribution in [2.75, 3.05) is 0 Å². The van der Waals surface area contributed by atoms with Crippen LogP contribution in [0.3, 0.4) is 0 Å². The number of rotatable bonds is 3. The second-order valence-corrected chi connectivity index (χ2v) is 5.38. The highest BCUT2D eigenvalue weighted by Crippen LogP contribution is 2.44. The van der Waals surface area contributed by atoms with Gasteiger partial charge in [-0.1, -0.05) is 30.3 Å². The lowest BCUT2D eigenvalue weighted by Crippen LogP contribution is -2.16. The molecule has 0 radical (unpaired) electrons. The van der Waals surface area contributed by atoms with Gasteiger partial charge in [0.25, 0.3) is 5.91 Å². The van der Waals surface area contributed by atoms with Crippen molar-refractivity contribution in [1.82, 2.24) is 0 Å². The molecule has 1 aliphatic heterocycles. The Balaban J connectivity index is 2.22. The molecule has 112 valence electrons. The Bertz CT molecular complexity index is 756. The number of amides is 2. The summed E-state index contributed by atoms with van der Waals surface area (Å²) in [6.07, 6.45) is -0.168. The molecule has 0 fully saturated rings. The van der Waals surface area contributed by atoms with Gasteiger partial charge in [0.05, 0.1) is 5.56 Å². The zero-order valence-electron chi connectivity index (χ0n) is 12.1. The van der Waals surface area contributed by atoms with E-state index in [2.05, 4.69) is 0 Å². The maximum Gasteiger partial charge on any atom is 0.252 e. The summed E-state index contributed by atoms with van der Waals surface area (Å²) in [7, 11) is 0. The Morgan fingerprint density at radius 1 is 1.05 bits per heavy atom. The molecule has 5 nitrogen and oxygen atoms in total. The average Bonchev–Trinajstić information content (AvgIpc) is 2.82. The van der Waals surface area contributed by atoms with Crippen molar-refractivity contribution in [2.24, 2.45) is 11.5 Å². The number of nitrogens with two attached hydrogens (primary N) is 2. The standard InChI is InChI=1S/C17H16N2O3/c1-9-14(10-5-3-2-4-6-10)12-7-11(16(18)20)8-13(17(19)21)15(12)22-9/h2-9,14H,1H3,(H2,18,20)(H2,19,21). The number of ether oxygens (including phenoxy) is 1. The van der Waals surface area contributed by atoms with E-state index in [9.17, 15) is 9.59 Å².